The summed E-state index contributed by atoms with van der Waals surface area (Å²) in [6.07, 6.45) is 5.32. The molecule has 0 aliphatic carbocycles. The number of unbranched alkanes of at least 4 members (excludes halogenated alkanes) is 1. The Morgan fingerprint density at radius 2 is 1.92 bits per heavy atom. The Morgan fingerprint density at radius 3 is 2.33 bits per heavy atom. The highest BCUT2D eigenvalue weighted by molar-refractivity contribution is 7.80. The molecule has 74 valence electrons. The molecule has 0 N–H and O–H groups in total. The molecule has 0 saturated heterocycles. The number of thiol groups is 1. The summed E-state index contributed by atoms with van der Waals surface area (Å²) < 4.78 is 0. The molecule has 0 rings (SSSR count). The van der Waals surface area contributed by atoms with Crippen molar-refractivity contribution in [3.63, 3.8) is 0 Å². The molecule has 0 aliphatic rings. The highest BCUT2D eigenvalue weighted by atomic mass is 32.1. The van der Waals surface area contributed by atoms with Gasteiger partial charge in [0.05, 0.1) is 0 Å². The van der Waals surface area contributed by atoms with Crippen molar-refractivity contribution in [2.45, 2.75) is 32.6 Å². The first-order chi connectivity index (χ1) is 5.70. The molecular formula is C10H23NS. The molecule has 0 aromatic heterocycles. The zero-order valence-electron chi connectivity index (χ0n) is 8.71. The van der Waals surface area contributed by atoms with Crippen molar-refractivity contribution in [2.75, 3.05) is 26.4 Å². The lowest BCUT2D eigenvalue weighted by Gasteiger charge is -2.19. The largest absolute Gasteiger partial charge is 0.309 e. The van der Waals surface area contributed by atoms with Gasteiger partial charge in [0.1, 0.15) is 0 Å². The summed E-state index contributed by atoms with van der Waals surface area (Å²) in [5.74, 6) is 1.89. The average Bonchev–Trinajstić information content (AvgIpc) is 2.00. The fourth-order valence-electron chi connectivity index (χ4n) is 1.52. The molecule has 1 unspecified atom stereocenters. The minimum atomic E-state index is 0.859. The second kappa shape index (κ2) is 7.93. The summed E-state index contributed by atoms with van der Waals surface area (Å²) in [6.45, 7) is 3.48. The van der Waals surface area contributed by atoms with Crippen LogP contribution in [-0.4, -0.2) is 31.3 Å². The van der Waals surface area contributed by atoms with Crippen molar-refractivity contribution in [3.8, 4) is 0 Å². The van der Waals surface area contributed by atoms with E-state index in [0.29, 0.717) is 0 Å². The predicted octanol–water partition coefficient (Wildman–Crippen LogP) is 2.67. The van der Waals surface area contributed by atoms with Crippen molar-refractivity contribution in [1.29, 1.82) is 0 Å². The maximum absolute atomic E-state index is 4.29. The highest BCUT2D eigenvalue weighted by Gasteiger charge is 2.07. The van der Waals surface area contributed by atoms with Crippen LogP contribution >= 0.6 is 12.6 Å². The van der Waals surface area contributed by atoms with Gasteiger partial charge >= 0.3 is 0 Å². The van der Waals surface area contributed by atoms with E-state index in [0.717, 1.165) is 11.7 Å². The SMILES string of the molecule is CCCCC(CCS)CN(C)C. The summed E-state index contributed by atoms with van der Waals surface area (Å²) in [4.78, 5) is 2.28. The monoisotopic (exact) mass is 189 g/mol. The molecular weight excluding hydrogens is 166 g/mol. The van der Waals surface area contributed by atoms with Crippen molar-refractivity contribution < 1.29 is 0 Å². The Balaban J connectivity index is 3.54. The van der Waals surface area contributed by atoms with Crippen molar-refractivity contribution in [1.82, 2.24) is 4.90 Å². The molecule has 0 amide bonds. The van der Waals surface area contributed by atoms with E-state index in [2.05, 4.69) is 38.5 Å². The lowest BCUT2D eigenvalue weighted by Crippen LogP contribution is -2.22. The van der Waals surface area contributed by atoms with Crippen LogP contribution in [0.2, 0.25) is 0 Å². The van der Waals surface area contributed by atoms with Crippen LogP contribution in [0.1, 0.15) is 32.6 Å². The number of rotatable bonds is 7. The number of nitrogens with zero attached hydrogens (tertiary/aromatic N) is 1. The first kappa shape index (κ1) is 12.3. The van der Waals surface area contributed by atoms with Gasteiger partial charge in [0, 0.05) is 6.54 Å². The van der Waals surface area contributed by atoms with Crippen LogP contribution in [-0.2, 0) is 0 Å². The highest BCUT2D eigenvalue weighted by Crippen LogP contribution is 2.14. The summed E-state index contributed by atoms with van der Waals surface area (Å²) in [5.41, 5.74) is 0. The number of hydrogen-bond donors (Lipinski definition) is 1. The average molecular weight is 189 g/mol. The quantitative estimate of drug-likeness (QED) is 0.603. The Bertz CT molecular complexity index is 93.8. The third-order valence-corrected chi connectivity index (χ3v) is 2.38. The standard InChI is InChI=1S/C10H23NS/c1-4-5-6-10(7-8-12)9-11(2)3/h10,12H,4-9H2,1-3H3. The Kier molecular flexibility index (Phi) is 8.14. The normalized spacial score (nSPS) is 13.8. The summed E-state index contributed by atoms with van der Waals surface area (Å²) in [7, 11) is 4.30. The lowest BCUT2D eigenvalue weighted by atomic mass is 9.99. The maximum Gasteiger partial charge on any atom is 0.000385 e. The van der Waals surface area contributed by atoms with E-state index in [9.17, 15) is 0 Å². The van der Waals surface area contributed by atoms with Gasteiger partial charge in [-0.25, -0.2) is 0 Å². The summed E-state index contributed by atoms with van der Waals surface area (Å²) >= 11 is 4.29. The zero-order valence-corrected chi connectivity index (χ0v) is 9.61. The van der Waals surface area contributed by atoms with Gasteiger partial charge in [-0.3, -0.25) is 0 Å². The molecule has 0 aliphatic heterocycles. The smallest absolute Gasteiger partial charge is 0.000385 e. The van der Waals surface area contributed by atoms with E-state index < -0.39 is 0 Å². The molecule has 0 spiro atoms. The lowest BCUT2D eigenvalue weighted by molar-refractivity contribution is 0.302. The summed E-state index contributed by atoms with van der Waals surface area (Å²) in [6, 6.07) is 0. The van der Waals surface area contributed by atoms with Crippen LogP contribution in [0.25, 0.3) is 0 Å². The van der Waals surface area contributed by atoms with Gasteiger partial charge in [0.15, 0.2) is 0 Å². The first-order valence-electron chi connectivity index (χ1n) is 4.96. The van der Waals surface area contributed by atoms with Gasteiger partial charge in [-0.05, 0) is 38.6 Å². The van der Waals surface area contributed by atoms with Crippen molar-refractivity contribution in [3.05, 3.63) is 0 Å². The van der Waals surface area contributed by atoms with Crippen LogP contribution in [0.3, 0.4) is 0 Å². The van der Waals surface area contributed by atoms with Crippen LogP contribution in [0.15, 0.2) is 0 Å². The van der Waals surface area contributed by atoms with Crippen molar-refractivity contribution >= 4 is 12.6 Å². The van der Waals surface area contributed by atoms with Gasteiger partial charge in [-0.15, -0.1) is 0 Å². The summed E-state index contributed by atoms with van der Waals surface area (Å²) in [5, 5.41) is 0. The van der Waals surface area contributed by atoms with E-state index >= 15 is 0 Å². The van der Waals surface area contributed by atoms with Gasteiger partial charge in [0.2, 0.25) is 0 Å². The predicted molar refractivity (Wildman–Crippen MR) is 60.0 cm³/mol. The van der Waals surface area contributed by atoms with E-state index in [1.54, 1.807) is 0 Å². The molecule has 0 heterocycles. The molecule has 0 bridgehead atoms. The zero-order chi connectivity index (χ0) is 9.40. The number of hydrogen-bond acceptors (Lipinski definition) is 2. The Labute approximate surface area is 82.9 Å². The first-order valence-corrected chi connectivity index (χ1v) is 5.59. The molecule has 12 heavy (non-hydrogen) atoms. The molecule has 1 atom stereocenters. The molecule has 0 aromatic rings. The molecule has 0 aromatic carbocycles. The van der Waals surface area contributed by atoms with Gasteiger partial charge < -0.3 is 4.90 Å². The fourth-order valence-corrected chi connectivity index (χ4v) is 1.88. The van der Waals surface area contributed by atoms with Crippen LogP contribution in [0.4, 0.5) is 0 Å². The van der Waals surface area contributed by atoms with Crippen LogP contribution in [0, 0.1) is 5.92 Å². The third-order valence-electron chi connectivity index (χ3n) is 2.13. The Hall–Kier alpha value is 0.310. The maximum atomic E-state index is 4.29. The molecule has 2 heteroatoms. The van der Waals surface area contributed by atoms with E-state index in [1.807, 2.05) is 0 Å². The molecule has 1 nitrogen and oxygen atoms in total. The molecule has 0 fully saturated rings. The Morgan fingerprint density at radius 1 is 1.25 bits per heavy atom. The van der Waals surface area contributed by atoms with Crippen LogP contribution < -0.4 is 0 Å². The van der Waals surface area contributed by atoms with Gasteiger partial charge in [-0.2, -0.15) is 12.6 Å². The second-order valence-electron chi connectivity index (χ2n) is 3.78. The van der Waals surface area contributed by atoms with Gasteiger partial charge in [0.25, 0.3) is 0 Å². The van der Waals surface area contributed by atoms with E-state index in [-0.39, 0.29) is 0 Å². The fraction of sp³-hybridized carbons (Fsp3) is 1.00. The third kappa shape index (κ3) is 6.99. The topological polar surface area (TPSA) is 3.24 Å². The second-order valence-corrected chi connectivity index (χ2v) is 4.23. The van der Waals surface area contributed by atoms with Crippen molar-refractivity contribution in [2.24, 2.45) is 5.92 Å². The van der Waals surface area contributed by atoms with E-state index in [1.165, 1.54) is 32.2 Å². The van der Waals surface area contributed by atoms with Gasteiger partial charge in [-0.1, -0.05) is 19.8 Å². The van der Waals surface area contributed by atoms with Crippen LogP contribution in [0.5, 0.6) is 0 Å². The minimum Gasteiger partial charge on any atom is -0.309 e. The minimum absolute atomic E-state index is 0.859. The molecule has 0 saturated carbocycles. The molecule has 0 radical (unpaired) electrons. The van der Waals surface area contributed by atoms with E-state index in [4.69, 9.17) is 0 Å².